The maximum absolute atomic E-state index is 13.0. The highest BCUT2D eigenvalue weighted by atomic mass is 16.5. The van der Waals surface area contributed by atoms with Crippen LogP contribution in [0.4, 0.5) is 0 Å². The molecular formula is C19H20N6O2. The molecule has 1 amide bonds. The summed E-state index contributed by atoms with van der Waals surface area (Å²) in [5.74, 6) is 0.000000420. The van der Waals surface area contributed by atoms with Gasteiger partial charge in [-0.1, -0.05) is 35.5 Å². The zero-order chi connectivity index (χ0) is 18.2. The lowest BCUT2D eigenvalue weighted by atomic mass is 10.00. The lowest BCUT2D eigenvalue weighted by Gasteiger charge is -2.40. The van der Waals surface area contributed by atoms with Gasteiger partial charge in [0.15, 0.2) is 0 Å². The summed E-state index contributed by atoms with van der Waals surface area (Å²) in [5, 5.41) is 12.5. The van der Waals surface area contributed by atoms with E-state index in [4.69, 9.17) is 4.74 Å². The molecule has 0 saturated carbocycles. The molecule has 1 aromatic carbocycles. The van der Waals surface area contributed by atoms with Crippen molar-refractivity contribution < 1.29 is 9.53 Å². The predicted octanol–water partition coefficient (Wildman–Crippen LogP) is 1.51. The third-order valence-corrected chi connectivity index (χ3v) is 5.28. The molecule has 0 bridgehead atoms. The molecule has 1 saturated heterocycles. The molecule has 0 radical (unpaired) electrons. The second-order valence-electron chi connectivity index (χ2n) is 7.04. The Balaban J connectivity index is 1.31. The molecule has 2 aliphatic heterocycles. The van der Waals surface area contributed by atoms with Crippen LogP contribution in [0.1, 0.15) is 34.1 Å². The highest BCUT2D eigenvalue weighted by Crippen LogP contribution is 2.30. The SMILES string of the molecule is O=C(c1cnn(Cc2ccccc2)c1)N1CC[C@@H]2OCc3cnnn3[C@H]2C1. The summed E-state index contributed by atoms with van der Waals surface area (Å²) in [5.41, 5.74) is 2.72. The van der Waals surface area contributed by atoms with E-state index in [0.717, 1.165) is 17.7 Å². The number of piperidine rings is 1. The second-order valence-corrected chi connectivity index (χ2v) is 7.04. The van der Waals surface area contributed by atoms with Crippen LogP contribution in [0.25, 0.3) is 0 Å². The Morgan fingerprint density at radius 2 is 2.11 bits per heavy atom. The standard InChI is InChI=1S/C19H20N6O2/c26-19(15-8-21-24(11-15)10-14-4-2-1-3-5-14)23-7-6-18-17(12-23)25-16(13-27-18)9-20-22-25/h1-5,8-9,11,17-18H,6-7,10,12-13H2/t17-,18-/m0/s1. The molecule has 2 aromatic heterocycles. The van der Waals surface area contributed by atoms with Crippen LogP contribution < -0.4 is 0 Å². The number of likely N-dealkylation sites (tertiary alicyclic amines) is 1. The van der Waals surface area contributed by atoms with Crippen LogP contribution in [-0.2, 0) is 17.9 Å². The molecule has 0 N–H and O–H groups in total. The van der Waals surface area contributed by atoms with Crippen LogP contribution >= 0.6 is 0 Å². The number of nitrogens with zero attached hydrogens (tertiary/aromatic N) is 6. The summed E-state index contributed by atoms with van der Waals surface area (Å²) in [6, 6.07) is 10.1. The molecule has 0 spiro atoms. The Hall–Kier alpha value is -3.00. The zero-order valence-corrected chi connectivity index (χ0v) is 14.8. The van der Waals surface area contributed by atoms with E-state index < -0.39 is 0 Å². The number of benzene rings is 1. The van der Waals surface area contributed by atoms with E-state index in [1.54, 1.807) is 17.1 Å². The second kappa shape index (κ2) is 6.62. The summed E-state index contributed by atoms with van der Waals surface area (Å²) < 4.78 is 9.63. The fourth-order valence-corrected chi connectivity index (χ4v) is 3.88. The van der Waals surface area contributed by atoms with E-state index in [2.05, 4.69) is 15.4 Å². The first-order valence-electron chi connectivity index (χ1n) is 9.14. The number of ether oxygens (including phenoxy) is 1. The fraction of sp³-hybridized carbons (Fsp3) is 0.368. The van der Waals surface area contributed by atoms with Crippen molar-refractivity contribution in [3.63, 3.8) is 0 Å². The van der Waals surface area contributed by atoms with Crippen molar-refractivity contribution in [3.05, 3.63) is 65.7 Å². The summed E-state index contributed by atoms with van der Waals surface area (Å²) in [6.45, 7) is 2.43. The molecule has 3 aromatic rings. The van der Waals surface area contributed by atoms with E-state index in [1.165, 1.54) is 0 Å². The number of fused-ring (bicyclic) bond motifs is 3. The van der Waals surface area contributed by atoms with Gasteiger partial charge in [-0.25, -0.2) is 4.68 Å². The van der Waals surface area contributed by atoms with Gasteiger partial charge in [-0.05, 0) is 12.0 Å². The molecule has 2 atom stereocenters. The molecule has 8 heteroatoms. The summed E-state index contributed by atoms with van der Waals surface area (Å²) in [6.07, 6.45) is 6.08. The summed E-state index contributed by atoms with van der Waals surface area (Å²) in [7, 11) is 0. The smallest absolute Gasteiger partial charge is 0.257 e. The lowest BCUT2D eigenvalue weighted by Crippen LogP contribution is -2.49. The molecule has 1 fully saturated rings. The van der Waals surface area contributed by atoms with Crippen molar-refractivity contribution in [3.8, 4) is 0 Å². The average Bonchev–Trinajstić information content (AvgIpc) is 3.37. The topological polar surface area (TPSA) is 78.1 Å². The molecule has 2 aliphatic rings. The highest BCUT2D eigenvalue weighted by Gasteiger charge is 2.38. The number of amides is 1. The molecule has 8 nitrogen and oxygen atoms in total. The van der Waals surface area contributed by atoms with Gasteiger partial charge < -0.3 is 9.64 Å². The van der Waals surface area contributed by atoms with Crippen LogP contribution in [0.15, 0.2) is 48.9 Å². The van der Waals surface area contributed by atoms with Crippen molar-refractivity contribution in [2.24, 2.45) is 0 Å². The Morgan fingerprint density at radius 1 is 1.22 bits per heavy atom. The number of rotatable bonds is 3. The quantitative estimate of drug-likeness (QED) is 0.704. The molecule has 27 heavy (non-hydrogen) atoms. The van der Waals surface area contributed by atoms with Crippen LogP contribution in [0.2, 0.25) is 0 Å². The van der Waals surface area contributed by atoms with Gasteiger partial charge in [-0.15, -0.1) is 5.10 Å². The minimum atomic E-state index is 0.000000420. The van der Waals surface area contributed by atoms with Gasteiger partial charge >= 0.3 is 0 Å². The van der Waals surface area contributed by atoms with E-state index in [9.17, 15) is 4.79 Å². The number of hydrogen-bond acceptors (Lipinski definition) is 5. The van der Waals surface area contributed by atoms with Crippen LogP contribution in [0.3, 0.4) is 0 Å². The third kappa shape index (κ3) is 3.02. The molecule has 0 unspecified atom stereocenters. The number of carbonyl (C=O) groups excluding carboxylic acids is 1. The maximum Gasteiger partial charge on any atom is 0.257 e. The van der Waals surface area contributed by atoms with Crippen LogP contribution in [-0.4, -0.2) is 54.8 Å². The number of hydrogen-bond donors (Lipinski definition) is 0. The Morgan fingerprint density at radius 3 is 3.00 bits per heavy atom. The third-order valence-electron chi connectivity index (χ3n) is 5.28. The van der Waals surface area contributed by atoms with Gasteiger partial charge in [0, 0.05) is 19.3 Å². The minimum Gasteiger partial charge on any atom is -0.370 e. The van der Waals surface area contributed by atoms with E-state index in [0.29, 0.717) is 31.8 Å². The van der Waals surface area contributed by atoms with Gasteiger partial charge in [0.1, 0.15) is 0 Å². The Bertz CT molecular complexity index is 950. The molecule has 0 aliphatic carbocycles. The Kier molecular flexibility index (Phi) is 3.97. The van der Waals surface area contributed by atoms with E-state index >= 15 is 0 Å². The van der Waals surface area contributed by atoms with E-state index in [-0.39, 0.29) is 18.1 Å². The first-order valence-corrected chi connectivity index (χ1v) is 9.14. The van der Waals surface area contributed by atoms with Crippen molar-refractivity contribution in [2.75, 3.05) is 13.1 Å². The van der Waals surface area contributed by atoms with Gasteiger partial charge in [-0.3, -0.25) is 9.48 Å². The Labute approximate surface area is 156 Å². The maximum atomic E-state index is 13.0. The fourth-order valence-electron chi connectivity index (χ4n) is 3.88. The van der Waals surface area contributed by atoms with E-state index in [1.807, 2.05) is 46.1 Å². The van der Waals surface area contributed by atoms with Crippen molar-refractivity contribution in [1.29, 1.82) is 0 Å². The first-order chi connectivity index (χ1) is 13.3. The van der Waals surface area contributed by atoms with Crippen molar-refractivity contribution in [1.82, 2.24) is 29.7 Å². The molecule has 138 valence electrons. The van der Waals surface area contributed by atoms with Gasteiger partial charge in [-0.2, -0.15) is 5.10 Å². The first kappa shape index (κ1) is 16.2. The van der Waals surface area contributed by atoms with Gasteiger partial charge in [0.25, 0.3) is 5.91 Å². The number of aromatic nitrogens is 5. The molecule has 4 heterocycles. The normalized spacial score (nSPS) is 21.6. The highest BCUT2D eigenvalue weighted by molar-refractivity contribution is 5.93. The number of carbonyl (C=O) groups is 1. The van der Waals surface area contributed by atoms with Crippen molar-refractivity contribution in [2.45, 2.75) is 31.7 Å². The zero-order valence-electron chi connectivity index (χ0n) is 14.8. The summed E-state index contributed by atoms with van der Waals surface area (Å²) in [4.78, 5) is 14.8. The largest absolute Gasteiger partial charge is 0.370 e. The van der Waals surface area contributed by atoms with Gasteiger partial charge in [0.2, 0.25) is 0 Å². The van der Waals surface area contributed by atoms with Crippen LogP contribution in [0, 0.1) is 0 Å². The lowest BCUT2D eigenvalue weighted by molar-refractivity contribution is -0.0605. The molecular weight excluding hydrogens is 344 g/mol. The monoisotopic (exact) mass is 364 g/mol. The van der Waals surface area contributed by atoms with Crippen LogP contribution in [0.5, 0.6) is 0 Å². The van der Waals surface area contributed by atoms with Gasteiger partial charge in [0.05, 0.1) is 48.9 Å². The minimum absolute atomic E-state index is 0.000000420. The molecule has 5 rings (SSSR count). The predicted molar refractivity (Wildman–Crippen MR) is 95.9 cm³/mol. The summed E-state index contributed by atoms with van der Waals surface area (Å²) >= 11 is 0. The van der Waals surface area contributed by atoms with Crippen molar-refractivity contribution >= 4 is 5.91 Å². The average molecular weight is 364 g/mol.